The summed E-state index contributed by atoms with van der Waals surface area (Å²) in [4.78, 5) is 28.2. The summed E-state index contributed by atoms with van der Waals surface area (Å²) in [5, 5.41) is 5.28. The first kappa shape index (κ1) is 15.0. The molecule has 1 aromatic carbocycles. The van der Waals surface area contributed by atoms with E-state index in [1.807, 2.05) is 0 Å². The number of hydrogen-bond donors (Lipinski definition) is 2. The minimum atomic E-state index is -0.679. The summed E-state index contributed by atoms with van der Waals surface area (Å²) in [7, 11) is 1.50. The zero-order valence-electron chi connectivity index (χ0n) is 12.3. The molecule has 0 aliphatic carbocycles. The van der Waals surface area contributed by atoms with Crippen molar-refractivity contribution in [2.24, 2.45) is 0 Å². The summed E-state index contributed by atoms with van der Waals surface area (Å²) < 4.78 is 18.2. The second-order valence-electron chi connectivity index (χ2n) is 5.11. The van der Waals surface area contributed by atoms with E-state index in [0.717, 1.165) is 0 Å². The Hall–Kier alpha value is -2.96. The summed E-state index contributed by atoms with van der Waals surface area (Å²) in [6.07, 6.45) is 1.47. The number of nitrogens with zero attached hydrogens (tertiary/aromatic N) is 1. The fourth-order valence-electron chi connectivity index (χ4n) is 2.48. The van der Waals surface area contributed by atoms with Crippen LogP contribution in [0.3, 0.4) is 0 Å². The molecule has 1 aromatic heterocycles. The Morgan fingerprint density at radius 1 is 1.39 bits per heavy atom. The van der Waals surface area contributed by atoms with E-state index in [9.17, 15) is 14.0 Å². The number of halogens is 1. The molecule has 0 saturated heterocycles. The molecule has 0 radical (unpaired) electrons. The molecule has 2 aromatic rings. The molecule has 0 fully saturated rings. The van der Waals surface area contributed by atoms with Gasteiger partial charge in [0.05, 0.1) is 24.9 Å². The fourth-order valence-corrected chi connectivity index (χ4v) is 2.48. The third kappa shape index (κ3) is 3.13. The number of rotatable bonds is 3. The van der Waals surface area contributed by atoms with E-state index in [0.29, 0.717) is 22.8 Å². The van der Waals surface area contributed by atoms with E-state index in [1.54, 1.807) is 12.1 Å². The number of methoxy groups -OCH3 is 1. The number of pyridine rings is 1. The molecule has 23 heavy (non-hydrogen) atoms. The van der Waals surface area contributed by atoms with Crippen LogP contribution in [0, 0.1) is 5.82 Å². The molecule has 1 aliphatic rings. The van der Waals surface area contributed by atoms with Gasteiger partial charge in [0, 0.05) is 18.2 Å². The minimum Gasteiger partial charge on any atom is -0.481 e. The minimum absolute atomic E-state index is 0.00799. The van der Waals surface area contributed by atoms with Gasteiger partial charge in [0.25, 0.3) is 0 Å². The van der Waals surface area contributed by atoms with Gasteiger partial charge >= 0.3 is 0 Å². The molecule has 0 spiro atoms. The van der Waals surface area contributed by atoms with Gasteiger partial charge in [-0.15, -0.1) is 0 Å². The van der Waals surface area contributed by atoms with Gasteiger partial charge in [-0.05, 0) is 23.8 Å². The highest BCUT2D eigenvalue weighted by atomic mass is 19.1. The van der Waals surface area contributed by atoms with Crippen molar-refractivity contribution in [3.05, 3.63) is 47.9 Å². The number of fused-ring (bicyclic) bond motifs is 1. The van der Waals surface area contributed by atoms with Gasteiger partial charge in [0.15, 0.2) is 0 Å². The van der Waals surface area contributed by atoms with Gasteiger partial charge in [-0.1, -0.05) is 6.07 Å². The van der Waals surface area contributed by atoms with Gasteiger partial charge in [-0.3, -0.25) is 9.59 Å². The van der Waals surface area contributed by atoms with Crippen molar-refractivity contribution >= 4 is 23.2 Å². The Morgan fingerprint density at radius 2 is 2.22 bits per heavy atom. The van der Waals surface area contributed by atoms with Crippen molar-refractivity contribution in [2.45, 2.75) is 12.3 Å². The van der Waals surface area contributed by atoms with Gasteiger partial charge in [-0.2, -0.15) is 0 Å². The fraction of sp³-hybridized carbons (Fsp3) is 0.188. The van der Waals surface area contributed by atoms with Crippen molar-refractivity contribution in [2.75, 3.05) is 17.7 Å². The largest absolute Gasteiger partial charge is 0.481 e. The standard InChI is InChI=1S/C16H14FN3O3/c1-23-15-5-3-10(8-18-15)19-16(22)12-7-14(21)20-13-6-9(17)2-4-11(12)13/h2-6,8,12H,7H2,1H3,(H,19,22)(H,20,21). The number of carbonyl (C=O) groups excluding carboxylic acids is 2. The first-order valence-corrected chi connectivity index (χ1v) is 6.97. The van der Waals surface area contributed by atoms with E-state index in [4.69, 9.17) is 4.74 Å². The molecule has 2 N–H and O–H groups in total. The molecule has 118 valence electrons. The first-order valence-electron chi connectivity index (χ1n) is 6.97. The highest BCUT2D eigenvalue weighted by molar-refractivity contribution is 6.05. The van der Waals surface area contributed by atoms with Crippen LogP contribution < -0.4 is 15.4 Å². The van der Waals surface area contributed by atoms with Crippen LogP contribution >= 0.6 is 0 Å². The maximum atomic E-state index is 13.3. The first-order chi connectivity index (χ1) is 11.1. The van der Waals surface area contributed by atoms with Crippen LogP contribution in [0.2, 0.25) is 0 Å². The van der Waals surface area contributed by atoms with E-state index >= 15 is 0 Å². The molecule has 2 heterocycles. The van der Waals surface area contributed by atoms with Gasteiger partial charge in [-0.25, -0.2) is 9.37 Å². The number of carbonyl (C=O) groups is 2. The van der Waals surface area contributed by atoms with Gasteiger partial charge < -0.3 is 15.4 Å². The lowest BCUT2D eigenvalue weighted by Gasteiger charge is -2.24. The van der Waals surface area contributed by atoms with Crippen molar-refractivity contribution in [1.82, 2.24) is 4.98 Å². The lowest BCUT2D eigenvalue weighted by molar-refractivity contribution is -0.123. The average molecular weight is 315 g/mol. The third-order valence-corrected chi connectivity index (χ3v) is 3.58. The zero-order valence-corrected chi connectivity index (χ0v) is 12.3. The second kappa shape index (κ2) is 6.04. The predicted molar refractivity (Wildman–Crippen MR) is 81.8 cm³/mol. The summed E-state index contributed by atoms with van der Waals surface area (Å²) in [6.45, 7) is 0. The molecule has 6 nitrogen and oxygen atoms in total. The smallest absolute Gasteiger partial charge is 0.232 e. The highest BCUT2D eigenvalue weighted by Crippen LogP contribution is 2.33. The van der Waals surface area contributed by atoms with Crippen molar-refractivity contribution in [3.63, 3.8) is 0 Å². The predicted octanol–water partition coefficient (Wildman–Crippen LogP) is 2.29. The Labute approximate surface area is 131 Å². The molecular weight excluding hydrogens is 301 g/mol. The lowest BCUT2D eigenvalue weighted by Crippen LogP contribution is -2.30. The van der Waals surface area contributed by atoms with E-state index in [1.165, 1.54) is 31.5 Å². The van der Waals surface area contributed by atoms with Crippen LogP contribution in [0.4, 0.5) is 15.8 Å². The van der Waals surface area contributed by atoms with E-state index in [2.05, 4.69) is 15.6 Å². The monoisotopic (exact) mass is 315 g/mol. The van der Waals surface area contributed by atoms with Crippen LogP contribution in [-0.4, -0.2) is 23.9 Å². The van der Waals surface area contributed by atoms with E-state index in [-0.39, 0.29) is 18.2 Å². The molecule has 2 amide bonds. The highest BCUT2D eigenvalue weighted by Gasteiger charge is 2.31. The Morgan fingerprint density at radius 3 is 2.91 bits per heavy atom. The number of hydrogen-bond acceptors (Lipinski definition) is 4. The number of nitrogens with one attached hydrogen (secondary N) is 2. The summed E-state index contributed by atoms with van der Waals surface area (Å²) in [5.41, 5.74) is 1.41. The van der Waals surface area contributed by atoms with Gasteiger partial charge in [0.2, 0.25) is 17.7 Å². The molecule has 0 saturated carbocycles. The zero-order chi connectivity index (χ0) is 16.4. The summed E-state index contributed by atoms with van der Waals surface area (Å²) in [6, 6.07) is 7.26. The number of anilines is 2. The van der Waals surface area contributed by atoms with Crippen molar-refractivity contribution in [1.29, 1.82) is 0 Å². The average Bonchev–Trinajstić information content (AvgIpc) is 2.54. The SMILES string of the molecule is COc1ccc(NC(=O)C2CC(=O)Nc3cc(F)ccc32)cn1. The van der Waals surface area contributed by atoms with Crippen molar-refractivity contribution in [3.8, 4) is 5.88 Å². The van der Waals surface area contributed by atoms with E-state index < -0.39 is 11.7 Å². The summed E-state index contributed by atoms with van der Waals surface area (Å²) in [5.74, 6) is -1.39. The number of amides is 2. The Balaban J connectivity index is 1.83. The molecule has 7 heteroatoms. The van der Waals surface area contributed by atoms with Crippen LogP contribution in [0.1, 0.15) is 17.9 Å². The maximum absolute atomic E-state index is 13.3. The Bertz CT molecular complexity index is 762. The quantitative estimate of drug-likeness (QED) is 0.910. The van der Waals surface area contributed by atoms with Gasteiger partial charge in [0.1, 0.15) is 5.82 Å². The molecule has 0 bridgehead atoms. The van der Waals surface area contributed by atoms with Crippen molar-refractivity contribution < 1.29 is 18.7 Å². The topological polar surface area (TPSA) is 80.3 Å². The third-order valence-electron chi connectivity index (χ3n) is 3.58. The second-order valence-corrected chi connectivity index (χ2v) is 5.11. The maximum Gasteiger partial charge on any atom is 0.232 e. The van der Waals surface area contributed by atoms with Crippen LogP contribution in [-0.2, 0) is 9.59 Å². The Kier molecular flexibility index (Phi) is 3.92. The lowest BCUT2D eigenvalue weighted by atomic mass is 9.89. The molecular formula is C16H14FN3O3. The van der Waals surface area contributed by atoms with Crippen LogP contribution in [0.5, 0.6) is 5.88 Å². The summed E-state index contributed by atoms with van der Waals surface area (Å²) >= 11 is 0. The molecule has 1 unspecified atom stereocenters. The molecule has 1 aliphatic heterocycles. The molecule has 3 rings (SSSR count). The number of ether oxygens (including phenoxy) is 1. The molecule has 1 atom stereocenters. The number of benzene rings is 1. The van der Waals surface area contributed by atoms with Crippen LogP contribution in [0.25, 0.3) is 0 Å². The van der Waals surface area contributed by atoms with Crippen LogP contribution in [0.15, 0.2) is 36.5 Å². The normalized spacial score (nSPS) is 16.3. The number of aromatic nitrogens is 1.